The van der Waals surface area contributed by atoms with Gasteiger partial charge in [0.05, 0.1) is 5.69 Å². The smallest absolute Gasteiger partial charge is 0.251 e. The lowest BCUT2D eigenvalue weighted by atomic mass is 10.1. The number of carbonyl (C=O) groups excluding carboxylic acids is 2. The molecule has 102 valence electrons. The molecule has 1 aliphatic rings. The maximum atomic E-state index is 12.3. The SMILES string of the molecule is CC1(C(=O)Nc2ccon2)Sc2ccccc2NC1=O. The number of rotatable bonds is 2. The zero-order valence-electron chi connectivity index (χ0n) is 10.5. The number of nitrogens with zero attached hydrogens (tertiary/aromatic N) is 1. The van der Waals surface area contributed by atoms with Crippen LogP contribution in [0, 0.1) is 0 Å². The molecule has 2 amide bonds. The molecular formula is C13H11N3O3S. The van der Waals surface area contributed by atoms with Crippen molar-refractivity contribution < 1.29 is 14.1 Å². The first-order valence-electron chi connectivity index (χ1n) is 5.91. The average Bonchev–Trinajstić information content (AvgIpc) is 2.93. The van der Waals surface area contributed by atoms with Gasteiger partial charge in [-0.2, -0.15) is 0 Å². The van der Waals surface area contributed by atoms with Crippen molar-refractivity contribution in [1.29, 1.82) is 0 Å². The molecule has 20 heavy (non-hydrogen) atoms. The predicted octanol–water partition coefficient (Wildman–Crippen LogP) is 2.12. The van der Waals surface area contributed by atoms with Crippen molar-refractivity contribution in [1.82, 2.24) is 5.16 Å². The van der Waals surface area contributed by atoms with Gasteiger partial charge in [0.1, 0.15) is 6.26 Å². The summed E-state index contributed by atoms with van der Waals surface area (Å²) < 4.78 is 3.39. The average molecular weight is 289 g/mol. The molecule has 6 nitrogen and oxygen atoms in total. The number of aromatic nitrogens is 1. The lowest BCUT2D eigenvalue weighted by Gasteiger charge is -2.31. The number of amides is 2. The van der Waals surface area contributed by atoms with Crippen molar-refractivity contribution in [2.45, 2.75) is 16.6 Å². The Kier molecular flexibility index (Phi) is 2.98. The van der Waals surface area contributed by atoms with E-state index in [1.807, 2.05) is 18.2 Å². The van der Waals surface area contributed by atoms with Gasteiger partial charge < -0.3 is 15.2 Å². The summed E-state index contributed by atoms with van der Waals surface area (Å²) in [4.78, 5) is 25.4. The van der Waals surface area contributed by atoms with Gasteiger partial charge in [0.15, 0.2) is 10.6 Å². The molecule has 0 saturated carbocycles. The Hall–Kier alpha value is -2.28. The van der Waals surface area contributed by atoms with Gasteiger partial charge in [-0.05, 0) is 19.1 Å². The van der Waals surface area contributed by atoms with Crippen LogP contribution in [0.4, 0.5) is 11.5 Å². The molecule has 0 bridgehead atoms. The molecule has 1 aromatic heterocycles. The fraction of sp³-hybridized carbons (Fsp3) is 0.154. The highest BCUT2D eigenvalue weighted by Crippen LogP contribution is 2.42. The summed E-state index contributed by atoms with van der Waals surface area (Å²) in [6, 6.07) is 8.87. The molecule has 1 atom stereocenters. The van der Waals surface area contributed by atoms with E-state index in [0.29, 0.717) is 5.69 Å². The fourth-order valence-electron chi connectivity index (χ4n) is 1.83. The normalized spacial score (nSPS) is 20.9. The van der Waals surface area contributed by atoms with E-state index < -0.39 is 10.7 Å². The first-order chi connectivity index (χ1) is 9.59. The number of hydrogen-bond acceptors (Lipinski definition) is 5. The molecule has 1 aliphatic heterocycles. The summed E-state index contributed by atoms with van der Waals surface area (Å²) >= 11 is 1.21. The molecule has 2 heterocycles. The lowest BCUT2D eigenvalue weighted by molar-refractivity contribution is -0.126. The van der Waals surface area contributed by atoms with Crippen LogP contribution in [0.3, 0.4) is 0 Å². The summed E-state index contributed by atoms with van der Waals surface area (Å²) in [6.45, 7) is 1.58. The Balaban J connectivity index is 1.88. The van der Waals surface area contributed by atoms with Crippen molar-refractivity contribution in [2.24, 2.45) is 0 Å². The van der Waals surface area contributed by atoms with Crippen molar-refractivity contribution >= 4 is 35.1 Å². The van der Waals surface area contributed by atoms with Crippen LogP contribution >= 0.6 is 11.8 Å². The number of thioether (sulfide) groups is 1. The van der Waals surface area contributed by atoms with Gasteiger partial charge in [0.2, 0.25) is 5.91 Å². The molecule has 2 aromatic rings. The Morgan fingerprint density at radius 1 is 1.40 bits per heavy atom. The molecule has 0 radical (unpaired) electrons. The minimum Gasteiger partial charge on any atom is -0.363 e. The van der Waals surface area contributed by atoms with Crippen molar-refractivity contribution in [2.75, 3.05) is 10.6 Å². The second-order valence-electron chi connectivity index (χ2n) is 4.42. The summed E-state index contributed by atoms with van der Waals surface area (Å²) in [6.07, 6.45) is 1.35. The highest BCUT2D eigenvalue weighted by Gasteiger charge is 2.46. The highest BCUT2D eigenvalue weighted by atomic mass is 32.2. The Morgan fingerprint density at radius 3 is 2.95 bits per heavy atom. The number of benzene rings is 1. The molecular weight excluding hydrogens is 278 g/mol. The molecule has 7 heteroatoms. The summed E-state index contributed by atoms with van der Waals surface area (Å²) in [5, 5.41) is 8.92. The van der Waals surface area contributed by atoms with Crippen LogP contribution in [0.1, 0.15) is 6.92 Å². The number of nitrogens with one attached hydrogen (secondary N) is 2. The molecule has 0 spiro atoms. The van der Waals surface area contributed by atoms with E-state index in [0.717, 1.165) is 4.90 Å². The predicted molar refractivity (Wildman–Crippen MR) is 74.5 cm³/mol. The van der Waals surface area contributed by atoms with E-state index in [4.69, 9.17) is 0 Å². The zero-order chi connectivity index (χ0) is 14.2. The van der Waals surface area contributed by atoms with Crippen molar-refractivity contribution in [3.8, 4) is 0 Å². The quantitative estimate of drug-likeness (QED) is 0.827. The first-order valence-corrected chi connectivity index (χ1v) is 6.72. The molecule has 3 rings (SSSR count). The van der Waals surface area contributed by atoms with Gasteiger partial charge in [0, 0.05) is 11.0 Å². The van der Waals surface area contributed by atoms with E-state index >= 15 is 0 Å². The van der Waals surface area contributed by atoms with Gasteiger partial charge >= 0.3 is 0 Å². The number of hydrogen-bond donors (Lipinski definition) is 2. The second kappa shape index (κ2) is 4.68. The van der Waals surface area contributed by atoms with Crippen LogP contribution in [0.25, 0.3) is 0 Å². The minimum atomic E-state index is -1.26. The lowest BCUT2D eigenvalue weighted by Crippen LogP contribution is -2.49. The number of fused-ring (bicyclic) bond motifs is 1. The van der Waals surface area contributed by atoms with E-state index in [9.17, 15) is 9.59 Å². The largest absolute Gasteiger partial charge is 0.363 e. The zero-order valence-corrected chi connectivity index (χ0v) is 11.4. The highest BCUT2D eigenvalue weighted by molar-refractivity contribution is 8.02. The molecule has 0 fully saturated rings. The first kappa shape index (κ1) is 12.7. The van der Waals surface area contributed by atoms with Crippen LogP contribution in [-0.4, -0.2) is 21.7 Å². The van der Waals surface area contributed by atoms with Crippen LogP contribution in [0.15, 0.2) is 46.0 Å². The Bertz CT molecular complexity index is 671. The molecule has 0 aliphatic carbocycles. The van der Waals surface area contributed by atoms with E-state index in [1.54, 1.807) is 13.0 Å². The van der Waals surface area contributed by atoms with E-state index in [2.05, 4.69) is 20.3 Å². The summed E-state index contributed by atoms with van der Waals surface area (Å²) in [7, 11) is 0. The molecule has 1 unspecified atom stereocenters. The summed E-state index contributed by atoms with van der Waals surface area (Å²) in [5.41, 5.74) is 0.717. The van der Waals surface area contributed by atoms with Crippen LogP contribution in [0.2, 0.25) is 0 Å². The number of para-hydroxylation sites is 1. The van der Waals surface area contributed by atoms with Crippen LogP contribution < -0.4 is 10.6 Å². The summed E-state index contributed by atoms with van der Waals surface area (Å²) in [5.74, 6) is -0.519. The topological polar surface area (TPSA) is 84.2 Å². The van der Waals surface area contributed by atoms with Gasteiger partial charge in [-0.1, -0.05) is 29.1 Å². The maximum Gasteiger partial charge on any atom is 0.251 e. The molecule has 1 aromatic carbocycles. The van der Waals surface area contributed by atoms with Gasteiger partial charge in [-0.25, -0.2) is 0 Å². The Morgan fingerprint density at radius 2 is 2.20 bits per heavy atom. The number of anilines is 2. The van der Waals surface area contributed by atoms with Gasteiger partial charge in [0.25, 0.3) is 5.91 Å². The van der Waals surface area contributed by atoms with E-state index in [1.165, 1.54) is 24.1 Å². The van der Waals surface area contributed by atoms with Crippen LogP contribution in [0.5, 0.6) is 0 Å². The van der Waals surface area contributed by atoms with Gasteiger partial charge in [-0.15, -0.1) is 0 Å². The minimum absolute atomic E-state index is 0.281. The Labute approximate surface area is 118 Å². The van der Waals surface area contributed by atoms with Crippen LogP contribution in [-0.2, 0) is 9.59 Å². The van der Waals surface area contributed by atoms with Gasteiger partial charge in [-0.3, -0.25) is 9.59 Å². The van der Waals surface area contributed by atoms with Crippen molar-refractivity contribution in [3.63, 3.8) is 0 Å². The number of carbonyl (C=O) groups is 2. The maximum absolute atomic E-state index is 12.3. The third-order valence-corrected chi connectivity index (χ3v) is 4.35. The standard InChI is InChI=1S/C13H11N3O3S/c1-13(12(18)15-10-6-7-19-16-10)11(17)14-8-4-2-3-5-9(8)20-13/h2-7H,1H3,(H,14,17)(H,15,16,18). The van der Waals surface area contributed by atoms with E-state index in [-0.39, 0.29) is 11.7 Å². The monoisotopic (exact) mass is 289 g/mol. The third-order valence-electron chi connectivity index (χ3n) is 3.00. The molecule has 2 N–H and O–H groups in total. The van der Waals surface area contributed by atoms with Crippen molar-refractivity contribution in [3.05, 3.63) is 36.6 Å². The fourth-order valence-corrected chi connectivity index (χ4v) is 2.93. The molecule has 0 saturated heterocycles. The second-order valence-corrected chi connectivity index (χ2v) is 5.88. The third kappa shape index (κ3) is 2.05.